The first kappa shape index (κ1) is 27.1. The minimum atomic E-state index is -4.67. The van der Waals surface area contributed by atoms with Crippen molar-refractivity contribution in [2.75, 3.05) is 13.1 Å². The third-order valence-corrected chi connectivity index (χ3v) is 9.37. The number of carbonyl (C=O) groups is 1. The van der Waals surface area contributed by atoms with Gasteiger partial charge in [-0.2, -0.15) is 13.2 Å². The molecule has 1 atom stereocenters. The van der Waals surface area contributed by atoms with Crippen LogP contribution in [0.1, 0.15) is 37.8 Å². The van der Waals surface area contributed by atoms with Gasteiger partial charge >= 0.3 is 6.18 Å². The Hall–Kier alpha value is -2.53. The fraction of sp³-hybridized carbons (Fsp3) is 0.458. The van der Waals surface area contributed by atoms with Gasteiger partial charge in [0.05, 0.1) is 15.2 Å². The highest BCUT2D eigenvalue weighted by Gasteiger charge is 2.45. The first-order chi connectivity index (χ1) is 16.1. The van der Waals surface area contributed by atoms with Gasteiger partial charge in [-0.1, -0.05) is 6.07 Å². The van der Waals surface area contributed by atoms with Gasteiger partial charge in [0.1, 0.15) is 11.6 Å². The van der Waals surface area contributed by atoms with Gasteiger partial charge in [0.2, 0.25) is 0 Å². The van der Waals surface area contributed by atoms with E-state index < -0.39 is 54.8 Å². The number of alkyl halides is 3. The molecule has 0 bridgehead atoms. The number of quaternary nitrogens is 1. The van der Waals surface area contributed by atoms with E-state index in [2.05, 4.69) is 5.73 Å². The third kappa shape index (κ3) is 5.66. The summed E-state index contributed by atoms with van der Waals surface area (Å²) in [4.78, 5) is 13.9. The molecule has 0 aromatic heterocycles. The molecule has 5 nitrogen and oxygen atoms in total. The molecule has 2 aromatic carbocycles. The Morgan fingerprint density at radius 3 is 2.31 bits per heavy atom. The summed E-state index contributed by atoms with van der Waals surface area (Å²) in [5.41, 5.74) is 2.79. The van der Waals surface area contributed by atoms with E-state index in [1.165, 1.54) is 18.7 Å². The molecule has 1 saturated heterocycles. The zero-order valence-electron chi connectivity index (χ0n) is 19.4. The number of piperidine rings is 1. The Kier molecular flexibility index (Phi) is 7.61. The van der Waals surface area contributed by atoms with Crippen LogP contribution in [0.3, 0.4) is 0 Å². The summed E-state index contributed by atoms with van der Waals surface area (Å²) < 4.78 is 91.8. The number of rotatable bonds is 6. The van der Waals surface area contributed by atoms with Gasteiger partial charge in [0, 0.05) is 19.5 Å². The number of benzene rings is 2. The monoisotopic (exact) mass is 519 g/mol. The average molecular weight is 520 g/mol. The molecule has 3 rings (SSSR count). The van der Waals surface area contributed by atoms with Gasteiger partial charge in [-0.15, -0.1) is 0 Å². The van der Waals surface area contributed by atoms with Gasteiger partial charge in [-0.3, -0.25) is 4.79 Å². The largest absolute Gasteiger partial charge is 0.416 e. The van der Waals surface area contributed by atoms with Crippen LogP contribution in [0.5, 0.6) is 0 Å². The van der Waals surface area contributed by atoms with E-state index in [0.717, 1.165) is 36.4 Å². The Labute approximate surface area is 201 Å². The number of amides is 1. The van der Waals surface area contributed by atoms with Crippen molar-refractivity contribution in [2.45, 2.75) is 55.0 Å². The topological polar surface area (TPSA) is 82.1 Å². The van der Waals surface area contributed by atoms with Crippen LogP contribution in [0.25, 0.3) is 0 Å². The Morgan fingerprint density at radius 2 is 1.71 bits per heavy atom. The van der Waals surface area contributed by atoms with Crippen LogP contribution in [0.15, 0.2) is 47.4 Å². The van der Waals surface area contributed by atoms with E-state index in [4.69, 9.17) is 0 Å². The first-order valence-corrected chi connectivity index (χ1v) is 12.6. The molecule has 35 heavy (non-hydrogen) atoms. The second-order valence-electron chi connectivity index (χ2n) is 9.37. The van der Waals surface area contributed by atoms with Crippen LogP contribution in [0, 0.1) is 17.6 Å². The lowest BCUT2D eigenvalue weighted by Crippen LogP contribution is -2.69. The zero-order chi connectivity index (χ0) is 26.2. The van der Waals surface area contributed by atoms with E-state index >= 15 is 0 Å². The van der Waals surface area contributed by atoms with Crippen molar-refractivity contribution in [2.24, 2.45) is 5.92 Å². The number of hydrogen-bond donors (Lipinski definition) is 1. The quantitative estimate of drug-likeness (QED) is 0.592. The van der Waals surface area contributed by atoms with E-state index in [9.17, 15) is 35.2 Å². The Morgan fingerprint density at radius 1 is 1.09 bits per heavy atom. The molecular formula is C24H28F5N2O3S+. The highest BCUT2D eigenvalue weighted by Crippen LogP contribution is 2.39. The van der Waals surface area contributed by atoms with Crippen molar-refractivity contribution in [1.29, 1.82) is 0 Å². The van der Waals surface area contributed by atoms with Crippen molar-refractivity contribution in [1.82, 2.24) is 4.90 Å². The van der Waals surface area contributed by atoms with Gasteiger partial charge in [-0.05, 0) is 74.6 Å². The molecule has 0 saturated carbocycles. The van der Waals surface area contributed by atoms with Crippen LogP contribution < -0.4 is 5.73 Å². The molecule has 1 aliphatic rings. The van der Waals surface area contributed by atoms with Crippen molar-refractivity contribution < 1.29 is 40.9 Å². The second kappa shape index (κ2) is 9.85. The maximum absolute atomic E-state index is 13.9. The summed E-state index contributed by atoms with van der Waals surface area (Å²) in [5, 5.41) is 0. The van der Waals surface area contributed by atoms with Gasteiger partial charge in [0.15, 0.2) is 15.9 Å². The first-order valence-electron chi connectivity index (χ1n) is 11.1. The van der Waals surface area contributed by atoms with Crippen LogP contribution in [-0.2, 0) is 27.2 Å². The lowest BCUT2D eigenvalue weighted by Gasteiger charge is -2.40. The summed E-state index contributed by atoms with van der Waals surface area (Å²) >= 11 is 0. The SMILES string of the molecule is CC(C)(C1CCN(C(=O)[C@@H]([NH3+])Cc2cc(F)ccc2F)CC1)S(=O)(=O)c1cccc(C(F)(F)F)c1. The van der Waals surface area contributed by atoms with E-state index in [1.807, 2.05) is 0 Å². The summed E-state index contributed by atoms with van der Waals surface area (Å²) in [6, 6.07) is 5.83. The van der Waals surface area contributed by atoms with Crippen molar-refractivity contribution >= 4 is 15.7 Å². The van der Waals surface area contributed by atoms with Crippen LogP contribution in [0.2, 0.25) is 0 Å². The van der Waals surface area contributed by atoms with Crippen LogP contribution in [0.4, 0.5) is 22.0 Å². The number of hydrogen-bond acceptors (Lipinski definition) is 3. The maximum atomic E-state index is 13.9. The lowest BCUT2D eigenvalue weighted by atomic mass is 9.85. The summed E-state index contributed by atoms with van der Waals surface area (Å²) in [6.07, 6.45) is -4.12. The fourth-order valence-electron chi connectivity index (χ4n) is 4.47. The zero-order valence-corrected chi connectivity index (χ0v) is 20.2. The number of sulfone groups is 1. The molecule has 192 valence electrons. The normalized spacial score (nSPS) is 16.9. The molecule has 1 aliphatic heterocycles. The standard InChI is InChI=1S/C24H27F5N2O3S/c1-23(2,35(33,34)19-5-3-4-17(14-19)24(27,28)29)16-8-10-31(11-9-16)22(32)21(30)13-15-12-18(25)6-7-20(15)26/h3-7,12,14,16,21H,8-11,13,30H2,1-2H3/p+1/t21-/m0/s1. The van der Waals surface area contributed by atoms with Crippen LogP contribution in [-0.4, -0.2) is 43.1 Å². The molecule has 11 heteroatoms. The average Bonchev–Trinajstić information content (AvgIpc) is 2.80. The molecule has 0 aliphatic carbocycles. The number of nitrogens with zero attached hydrogens (tertiary/aromatic N) is 1. The molecule has 1 amide bonds. The van der Waals surface area contributed by atoms with E-state index in [0.29, 0.717) is 18.9 Å². The number of halogens is 5. The van der Waals surface area contributed by atoms with Gasteiger partial charge < -0.3 is 10.6 Å². The minimum absolute atomic E-state index is 0.0431. The molecular weight excluding hydrogens is 491 g/mol. The number of likely N-dealkylation sites (tertiary alicyclic amines) is 1. The molecule has 0 unspecified atom stereocenters. The summed E-state index contributed by atoms with van der Waals surface area (Å²) in [7, 11) is -4.12. The predicted octanol–water partition coefficient (Wildman–Crippen LogP) is 3.63. The Bertz CT molecular complexity index is 1190. The Balaban J connectivity index is 1.69. The van der Waals surface area contributed by atoms with E-state index in [1.54, 1.807) is 0 Å². The highest BCUT2D eigenvalue weighted by molar-refractivity contribution is 7.92. The van der Waals surface area contributed by atoms with Crippen molar-refractivity contribution in [3.05, 3.63) is 65.2 Å². The summed E-state index contributed by atoms with van der Waals surface area (Å²) in [6.45, 7) is 3.43. The highest BCUT2D eigenvalue weighted by atomic mass is 32.2. The molecule has 0 spiro atoms. The van der Waals surface area contributed by atoms with Gasteiger partial charge in [0.25, 0.3) is 5.91 Å². The van der Waals surface area contributed by atoms with Gasteiger partial charge in [-0.25, -0.2) is 17.2 Å². The summed E-state index contributed by atoms with van der Waals surface area (Å²) in [5.74, 6) is -2.01. The fourth-order valence-corrected chi connectivity index (χ4v) is 6.29. The van der Waals surface area contributed by atoms with Crippen molar-refractivity contribution in [3.8, 4) is 0 Å². The predicted molar refractivity (Wildman–Crippen MR) is 119 cm³/mol. The van der Waals surface area contributed by atoms with Crippen molar-refractivity contribution in [3.63, 3.8) is 0 Å². The lowest BCUT2D eigenvalue weighted by molar-refractivity contribution is -0.405. The second-order valence-corrected chi connectivity index (χ2v) is 11.9. The number of carbonyl (C=O) groups excluding carboxylic acids is 1. The van der Waals surface area contributed by atoms with Crippen LogP contribution >= 0.6 is 0 Å². The molecule has 3 N–H and O–H groups in total. The molecule has 1 fully saturated rings. The third-order valence-electron chi connectivity index (χ3n) is 6.78. The molecule has 0 radical (unpaired) electrons. The minimum Gasteiger partial charge on any atom is -0.347 e. The maximum Gasteiger partial charge on any atom is 0.416 e. The van der Waals surface area contributed by atoms with E-state index in [-0.39, 0.29) is 31.0 Å². The smallest absolute Gasteiger partial charge is 0.347 e. The molecule has 1 heterocycles. The molecule has 2 aromatic rings.